The van der Waals surface area contributed by atoms with Gasteiger partial charge in [-0.3, -0.25) is 0 Å². The topological polar surface area (TPSA) is 12.0 Å². The zero-order valence-corrected chi connectivity index (χ0v) is 12.1. The summed E-state index contributed by atoms with van der Waals surface area (Å²) >= 11 is 2.14. The van der Waals surface area contributed by atoms with Gasteiger partial charge in [-0.2, -0.15) is 11.8 Å². The third-order valence-electron chi connectivity index (χ3n) is 4.04. The predicted octanol–water partition coefficient (Wildman–Crippen LogP) is 3.93. The molecule has 1 saturated heterocycles. The van der Waals surface area contributed by atoms with E-state index in [0.29, 0.717) is 0 Å². The number of nitrogens with one attached hydrogen (secondary N) is 1. The van der Waals surface area contributed by atoms with Crippen LogP contribution in [0.3, 0.4) is 0 Å². The third kappa shape index (κ3) is 4.67. The summed E-state index contributed by atoms with van der Waals surface area (Å²) in [6, 6.07) is 0.775. The van der Waals surface area contributed by atoms with Crippen LogP contribution in [0, 0.1) is 11.8 Å². The third-order valence-corrected chi connectivity index (χ3v) is 5.22. The molecule has 1 fully saturated rings. The quantitative estimate of drug-likeness (QED) is 0.693. The largest absolute Gasteiger partial charge is 0.317 e. The fourth-order valence-electron chi connectivity index (χ4n) is 2.76. The van der Waals surface area contributed by atoms with E-state index in [0.717, 1.165) is 17.9 Å². The van der Waals surface area contributed by atoms with Crippen molar-refractivity contribution in [2.75, 3.05) is 18.6 Å². The Bertz CT molecular complexity index is 166. The van der Waals surface area contributed by atoms with Crippen LogP contribution in [0.1, 0.15) is 52.4 Å². The van der Waals surface area contributed by atoms with Crippen molar-refractivity contribution >= 4 is 11.8 Å². The van der Waals surface area contributed by atoms with E-state index < -0.39 is 0 Å². The molecule has 0 saturated carbocycles. The standard InChI is InChI=1S/C14H29NS/c1-4-6-7-12(5-2)10-14(15-3)13-8-9-16-11-13/h12-15H,4-11H2,1-3H3. The van der Waals surface area contributed by atoms with E-state index in [1.54, 1.807) is 0 Å². The molecule has 0 bridgehead atoms. The normalized spacial score (nSPS) is 24.6. The van der Waals surface area contributed by atoms with Gasteiger partial charge in [-0.15, -0.1) is 0 Å². The fraction of sp³-hybridized carbons (Fsp3) is 1.00. The molecule has 2 heteroatoms. The summed E-state index contributed by atoms with van der Waals surface area (Å²) in [5, 5.41) is 3.57. The Kier molecular flexibility index (Phi) is 7.55. The van der Waals surface area contributed by atoms with Crippen molar-refractivity contribution in [2.24, 2.45) is 11.8 Å². The van der Waals surface area contributed by atoms with E-state index in [9.17, 15) is 0 Å². The molecule has 1 nitrogen and oxygen atoms in total. The van der Waals surface area contributed by atoms with Gasteiger partial charge in [-0.1, -0.05) is 39.5 Å². The number of hydrogen-bond acceptors (Lipinski definition) is 2. The first kappa shape index (κ1) is 14.4. The average Bonchev–Trinajstić information content (AvgIpc) is 2.83. The van der Waals surface area contributed by atoms with Crippen molar-refractivity contribution in [3.8, 4) is 0 Å². The van der Waals surface area contributed by atoms with Gasteiger partial charge in [0.05, 0.1) is 0 Å². The lowest BCUT2D eigenvalue weighted by molar-refractivity contribution is 0.302. The summed E-state index contributed by atoms with van der Waals surface area (Å²) in [6.07, 6.45) is 8.38. The summed E-state index contributed by atoms with van der Waals surface area (Å²) < 4.78 is 0. The van der Waals surface area contributed by atoms with Crippen molar-refractivity contribution < 1.29 is 0 Å². The zero-order valence-electron chi connectivity index (χ0n) is 11.3. The molecule has 0 aromatic carbocycles. The van der Waals surface area contributed by atoms with Gasteiger partial charge in [0, 0.05) is 6.04 Å². The summed E-state index contributed by atoms with van der Waals surface area (Å²) in [4.78, 5) is 0. The SMILES string of the molecule is CCCCC(CC)CC(NC)C1CCSC1. The molecule has 1 N–H and O–H groups in total. The molecule has 0 spiro atoms. The van der Waals surface area contributed by atoms with Crippen molar-refractivity contribution in [2.45, 2.75) is 58.4 Å². The number of rotatable bonds is 8. The predicted molar refractivity (Wildman–Crippen MR) is 76.2 cm³/mol. The van der Waals surface area contributed by atoms with Crippen LogP contribution in [-0.4, -0.2) is 24.6 Å². The molecule has 1 aliphatic heterocycles. The molecule has 96 valence electrons. The van der Waals surface area contributed by atoms with Gasteiger partial charge >= 0.3 is 0 Å². The van der Waals surface area contributed by atoms with Gasteiger partial charge in [0.1, 0.15) is 0 Å². The van der Waals surface area contributed by atoms with Crippen LogP contribution in [0.4, 0.5) is 0 Å². The minimum absolute atomic E-state index is 0.775. The van der Waals surface area contributed by atoms with E-state index in [2.05, 4.69) is 38.0 Å². The van der Waals surface area contributed by atoms with Crippen LogP contribution in [0.25, 0.3) is 0 Å². The molecule has 0 amide bonds. The second kappa shape index (κ2) is 8.41. The van der Waals surface area contributed by atoms with Crippen LogP contribution in [0.2, 0.25) is 0 Å². The summed E-state index contributed by atoms with van der Waals surface area (Å²) in [5.74, 6) is 4.65. The highest BCUT2D eigenvalue weighted by Crippen LogP contribution is 2.30. The van der Waals surface area contributed by atoms with Gasteiger partial charge in [-0.25, -0.2) is 0 Å². The van der Waals surface area contributed by atoms with Crippen LogP contribution in [-0.2, 0) is 0 Å². The Balaban J connectivity index is 2.33. The van der Waals surface area contributed by atoms with Crippen LogP contribution < -0.4 is 5.32 Å². The maximum absolute atomic E-state index is 3.57. The Morgan fingerprint density at radius 3 is 2.69 bits per heavy atom. The highest BCUT2D eigenvalue weighted by Gasteiger charge is 2.25. The second-order valence-electron chi connectivity index (χ2n) is 5.17. The maximum Gasteiger partial charge on any atom is 0.0103 e. The van der Waals surface area contributed by atoms with E-state index in [-0.39, 0.29) is 0 Å². The van der Waals surface area contributed by atoms with Crippen LogP contribution >= 0.6 is 11.8 Å². The Morgan fingerprint density at radius 2 is 2.19 bits per heavy atom. The number of thioether (sulfide) groups is 1. The highest BCUT2D eigenvalue weighted by molar-refractivity contribution is 7.99. The van der Waals surface area contributed by atoms with Gasteiger partial charge in [0.15, 0.2) is 0 Å². The van der Waals surface area contributed by atoms with E-state index in [1.165, 1.54) is 50.0 Å². The molecular weight excluding hydrogens is 214 g/mol. The fourth-order valence-corrected chi connectivity index (χ4v) is 4.09. The highest BCUT2D eigenvalue weighted by atomic mass is 32.2. The van der Waals surface area contributed by atoms with Gasteiger partial charge in [0.2, 0.25) is 0 Å². The minimum atomic E-state index is 0.775. The van der Waals surface area contributed by atoms with Crippen molar-refractivity contribution in [3.63, 3.8) is 0 Å². The van der Waals surface area contributed by atoms with Crippen molar-refractivity contribution in [3.05, 3.63) is 0 Å². The number of hydrogen-bond donors (Lipinski definition) is 1. The molecule has 0 aliphatic carbocycles. The lowest BCUT2D eigenvalue weighted by atomic mass is 9.86. The lowest BCUT2D eigenvalue weighted by Gasteiger charge is -2.27. The minimum Gasteiger partial charge on any atom is -0.317 e. The Morgan fingerprint density at radius 1 is 1.38 bits per heavy atom. The molecule has 0 radical (unpaired) electrons. The molecule has 0 aromatic heterocycles. The van der Waals surface area contributed by atoms with Gasteiger partial charge < -0.3 is 5.32 Å². The zero-order chi connectivity index (χ0) is 11.8. The smallest absolute Gasteiger partial charge is 0.0103 e. The molecule has 1 rings (SSSR count). The van der Waals surface area contributed by atoms with E-state index in [4.69, 9.17) is 0 Å². The molecule has 1 heterocycles. The molecular formula is C14H29NS. The average molecular weight is 243 g/mol. The summed E-state index contributed by atoms with van der Waals surface area (Å²) in [5.41, 5.74) is 0. The van der Waals surface area contributed by atoms with Crippen LogP contribution in [0.5, 0.6) is 0 Å². The number of unbranched alkanes of at least 4 members (excludes halogenated alkanes) is 1. The van der Waals surface area contributed by atoms with E-state index in [1.807, 2.05) is 0 Å². The van der Waals surface area contributed by atoms with Crippen LogP contribution in [0.15, 0.2) is 0 Å². The van der Waals surface area contributed by atoms with Gasteiger partial charge in [0.25, 0.3) is 0 Å². The Hall–Kier alpha value is 0.310. The van der Waals surface area contributed by atoms with Crippen molar-refractivity contribution in [1.82, 2.24) is 5.32 Å². The summed E-state index contributed by atoms with van der Waals surface area (Å²) in [6.45, 7) is 4.66. The second-order valence-corrected chi connectivity index (χ2v) is 6.32. The first-order valence-electron chi connectivity index (χ1n) is 7.06. The van der Waals surface area contributed by atoms with Gasteiger partial charge in [-0.05, 0) is 43.2 Å². The monoisotopic (exact) mass is 243 g/mol. The lowest BCUT2D eigenvalue weighted by Crippen LogP contribution is -2.35. The first-order valence-corrected chi connectivity index (χ1v) is 8.22. The molecule has 16 heavy (non-hydrogen) atoms. The Labute approximate surface area is 106 Å². The van der Waals surface area contributed by atoms with E-state index >= 15 is 0 Å². The maximum atomic E-state index is 3.57. The van der Waals surface area contributed by atoms with Crippen molar-refractivity contribution in [1.29, 1.82) is 0 Å². The molecule has 3 atom stereocenters. The molecule has 3 unspecified atom stereocenters. The summed E-state index contributed by atoms with van der Waals surface area (Å²) in [7, 11) is 2.15. The molecule has 1 aliphatic rings. The first-order chi connectivity index (χ1) is 7.81. The molecule has 0 aromatic rings.